The Kier molecular flexibility index (Phi) is 6.70. The number of carbonyl (C=O) groups is 2. The Bertz CT molecular complexity index is 925. The quantitative estimate of drug-likeness (QED) is 0.733. The molecular weight excluding hydrogens is 414 g/mol. The molecule has 31 heavy (non-hydrogen) atoms. The van der Waals surface area contributed by atoms with E-state index in [1.807, 2.05) is 29.2 Å². The van der Waals surface area contributed by atoms with Crippen LogP contribution in [-0.2, 0) is 16.0 Å². The number of amides is 2. The van der Waals surface area contributed by atoms with E-state index in [4.69, 9.17) is 15.5 Å². The van der Waals surface area contributed by atoms with E-state index in [0.717, 1.165) is 41.7 Å². The van der Waals surface area contributed by atoms with Gasteiger partial charge >= 0.3 is 0 Å². The van der Waals surface area contributed by atoms with Gasteiger partial charge in [-0.25, -0.2) is 4.98 Å². The molecule has 0 aliphatic carbocycles. The number of primary amides is 1. The van der Waals surface area contributed by atoms with Gasteiger partial charge in [-0.15, -0.1) is 0 Å². The molecule has 2 fully saturated rings. The fourth-order valence-electron chi connectivity index (χ4n) is 4.41. The lowest BCUT2D eigenvalue weighted by atomic mass is 9.92. The zero-order chi connectivity index (χ0) is 21.8. The highest BCUT2D eigenvalue weighted by molar-refractivity contribution is 7.09. The minimum absolute atomic E-state index is 0.0374. The van der Waals surface area contributed by atoms with Gasteiger partial charge in [0.15, 0.2) is 0 Å². The van der Waals surface area contributed by atoms with Crippen molar-refractivity contribution < 1.29 is 14.3 Å². The van der Waals surface area contributed by atoms with Gasteiger partial charge in [-0.2, -0.15) is 4.37 Å². The number of rotatable bonds is 6. The summed E-state index contributed by atoms with van der Waals surface area (Å²) in [5.41, 5.74) is 6.52. The number of methoxy groups -OCH3 is 1. The average molecular weight is 444 g/mol. The smallest absolute Gasteiger partial charge is 0.227 e. The van der Waals surface area contributed by atoms with Gasteiger partial charge < -0.3 is 20.3 Å². The van der Waals surface area contributed by atoms with Crippen molar-refractivity contribution in [2.45, 2.75) is 32.1 Å². The van der Waals surface area contributed by atoms with E-state index in [1.54, 1.807) is 7.11 Å². The molecule has 4 rings (SSSR count). The number of hydrogen-bond donors (Lipinski definition) is 1. The average Bonchev–Trinajstić information content (AvgIpc) is 3.27. The van der Waals surface area contributed by atoms with E-state index in [-0.39, 0.29) is 23.7 Å². The van der Waals surface area contributed by atoms with Gasteiger partial charge in [-0.05, 0) is 43.4 Å². The summed E-state index contributed by atoms with van der Waals surface area (Å²) in [6.07, 6.45) is 3.83. The third-order valence-electron chi connectivity index (χ3n) is 6.20. The molecule has 2 saturated heterocycles. The van der Waals surface area contributed by atoms with Crippen LogP contribution in [0.2, 0.25) is 0 Å². The van der Waals surface area contributed by atoms with Gasteiger partial charge in [0.2, 0.25) is 16.9 Å². The second kappa shape index (κ2) is 9.64. The normalized spacial score (nSPS) is 20.0. The van der Waals surface area contributed by atoms with Crippen molar-refractivity contribution in [3.05, 3.63) is 35.7 Å². The molecule has 9 heteroatoms. The van der Waals surface area contributed by atoms with Crippen molar-refractivity contribution in [2.24, 2.45) is 17.6 Å². The molecule has 1 atom stereocenters. The molecule has 2 amide bonds. The second-order valence-electron chi connectivity index (χ2n) is 8.31. The number of ether oxygens (including phenoxy) is 1. The number of likely N-dealkylation sites (tertiary alicyclic amines) is 1. The zero-order valence-corrected chi connectivity index (χ0v) is 18.6. The van der Waals surface area contributed by atoms with Gasteiger partial charge in [0.25, 0.3) is 0 Å². The van der Waals surface area contributed by atoms with E-state index in [0.29, 0.717) is 38.9 Å². The Morgan fingerprint density at radius 1 is 1.19 bits per heavy atom. The molecule has 3 heterocycles. The Morgan fingerprint density at radius 2 is 2.00 bits per heavy atom. The van der Waals surface area contributed by atoms with Crippen LogP contribution in [0.3, 0.4) is 0 Å². The highest BCUT2D eigenvalue weighted by atomic mass is 32.1. The predicted octanol–water partition coefficient (Wildman–Crippen LogP) is 2.08. The fraction of sp³-hybridized carbons (Fsp3) is 0.545. The molecule has 2 aliphatic heterocycles. The molecule has 1 unspecified atom stereocenters. The van der Waals surface area contributed by atoms with Crippen LogP contribution >= 0.6 is 11.5 Å². The van der Waals surface area contributed by atoms with E-state index in [9.17, 15) is 9.59 Å². The number of nitrogens with two attached hydrogens (primary N) is 1. The van der Waals surface area contributed by atoms with Crippen LogP contribution in [0.25, 0.3) is 0 Å². The van der Waals surface area contributed by atoms with Crippen LogP contribution in [-0.4, -0.2) is 59.4 Å². The first-order valence-electron chi connectivity index (χ1n) is 10.8. The number of nitrogens with zero attached hydrogens (tertiary/aromatic N) is 4. The molecule has 0 bridgehead atoms. The first kappa shape index (κ1) is 21.5. The van der Waals surface area contributed by atoms with Crippen LogP contribution in [0.15, 0.2) is 24.3 Å². The van der Waals surface area contributed by atoms with Crippen LogP contribution in [0.4, 0.5) is 5.13 Å². The summed E-state index contributed by atoms with van der Waals surface area (Å²) in [5.74, 6) is 1.41. The lowest BCUT2D eigenvalue weighted by Crippen LogP contribution is -2.48. The third-order valence-corrected chi connectivity index (χ3v) is 7.02. The number of benzene rings is 1. The van der Waals surface area contributed by atoms with Crippen LogP contribution in [0.1, 0.15) is 37.1 Å². The van der Waals surface area contributed by atoms with Crippen molar-refractivity contribution in [1.29, 1.82) is 0 Å². The molecular formula is C22H29N5O3S. The van der Waals surface area contributed by atoms with Crippen LogP contribution < -0.4 is 15.4 Å². The number of aromatic nitrogens is 2. The summed E-state index contributed by atoms with van der Waals surface area (Å²) in [5, 5.41) is 0.878. The molecule has 0 radical (unpaired) electrons. The minimum atomic E-state index is -0.253. The van der Waals surface area contributed by atoms with Crippen molar-refractivity contribution in [3.8, 4) is 5.75 Å². The molecule has 0 saturated carbocycles. The zero-order valence-electron chi connectivity index (χ0n) is 17.8. The molecule has 0 spiro atoms. The molecule has 2 aliphatic rings. The van der Waals surface area contributed by atoms with Gasteiger partial charge in [-0.3, -0.25) is 9.59 Å². The highest BCUT2D eigenvalue weighted by Crippen LogP contribution is 2.28. The number of carbonyl (C=O) groups excluding carboxylic acids is 2. The first-order valence-corrected chi connectivity index (χ1v) is 11.6. The van der Waals surface area contributed by atoms with Crippen molar-refractivity contribution in [3.63, 3.8) is 0 Å². The maximum absolute atomic E-state index is 13.1. The Morgan fingerprint density at radius 3 is 2.74 bits per heavy atom. The molecule has 2 aromatic rings. The van der Waals surface area contributed by atoms with Crippen molar-refractivity contribution in [2.75, 3.05) is 38.2 Å². The van der Waals surface area contributed by atoms with E-state index >= 15 is 0 Å². The first-order chi connectivity index (χ1) is 15.0. The minimum Gasteiger partial charge on any atom is -0.497 e. The Labute approximate surface area is 186 Å². The third kappa shape index (κ3) is 5.15. The van der Waals surface area contributed by atoms with Gasteiger partial charge in [0, 0.05) is 50.1 Å². The Hall–Kier alpha value is -2.68. The van der Waals surface area contributed by atoms with Crippen LogP contribution in [0.5, 0.6) is 5.75 Å². The van der Waals surface area contributed by atoms with E-state index < -0.39 is 0 Å². The molecule has 8 nitrogen and oxygen atoms in total. The van der Waals surface area contributed by atoms with Gasteiger partial charge in [0.05, 0.1) is 13.0 Å². The Balaban J connectivity index is 1.35. The largest absolute Gasteiger partial charge is 0.497 e. The van der Waals surface area contributed by atoms with Gasteiger partial charge in [0.1, 0.15) is 11.6 Å². The second-order valence-corrected chi connectivity index (χ2v) is 9.04. The summed E-state index contributed by atoms with van der Waals surface area (Å²) in [4.78, 5) is 33.3. The lowest BCUT2D eigenvalue weighted by Gasteiger charge is -2.37. The van der Waals surface area contributed by atoms with Gasteiger partial charge in [-0.1, -0.05) is 12.1 Å². The topological polar surface area (TPSA) is 102 Å². The lowest BCUT2D eigenvalue weighted by molar-refractivity contribution is -0.138. The summed E-state index contributed by atoms with van der Waals surface area (Å²) in [6.45, 7) is 2.79. The van der Waals surface area contributed by atoms with Crippen LogP contribution in [0, 0.1) is 11.8 Å². The summed E-state index contributed by atoms with van der Waals surface area (Å²) < 4.78 is 9.83. The SMILES string of the molecule is COc1cccc(Cc2nsc(N3CCCC(C(=O)N4CCC(C(N)=O)CC4)C3)n2)c1. The predicted molar refractivity (Wildman–Crippen MR) is 119 cm³/mol. The van der Waals surface area contributed by atoms with Crippen molar-refractivity contribution >= 4 is 28.5 Å². The van der Waals surface area contributed by atoms with E-state index in [1.165, 1.54) is 11.5 Å². The summed E-state index contributed by atoms with van der Waals surface area (Å²) in [6, 6.07) is 7.93. The highest BCUT2D eigenvalue weighted by Gasteiger charge is 2.33. The molecule has 1 aromatic carbocycles. The number of anilines is 1. The number of piperidine rings is 2. The monoisotopic (exact) mass is 443 g/mol. The van der Waals surface area contributed by atoms with E-state index in [2.05, 4.69) is 9.27 Å². The standard InChI is InChI=1S/C22H29N5O3S/c1-30-18-6-2-4-15(12-18)13-19-24-22(31-25-19)27-9-3-5-17(14-27)21(29)26-10-7-16(8-11-26)20(23)28/h2,4,6,12,16-17H,3,5,7-11,13-14H2,1H3,(H2,23,28). The maximum atomic E-state index is 13.1. The van der Waals surface area contributed by atoms with Crippen molar-refractivity contribution in [1.82, 2.24) is 14.3 Å². The molecule has 166 valence electrons. The summed E-state index contributed by atoms with van der Waals surface area (Å²) in [7, 11) is 1.66. The molecule has 1 aromatic heterocycles. The maximum Gasteiger partial charge on any atom is 0.227 e. The fourth-order valence-corrected chi connectivity index (χ4v) is 5.12. The molecule has 2 N–H and O–H groups in total. The number of hydrogen-bond acceptors (Lipinski definition) is 7. The summed E-state index contributed by atoms with van der Waals surface area (Å²) >= 11 is 1.40.